The van der Waals surface area contributed by atoms with Crippen LogP contribution >= 0.6 is 18.9 Å². The fourth-order valence-electron chi connectivity index (χ4n) is 3.62. The maximum Gasteiger partial charge on any atom is 0.348 e. The van der Waals surface area contributed by atoms with Gasteiger partial charge in [-0.25, -0.2) is 9.78 Å². The molecule has 0 aliphatic rings. The van der Waals surface area contributed by atoms with Gasteiger partial charge in [-0.05, 0) is 43.2 Å². The van der Waals surface area contributed by atoms with Crippen molar-refractivity contribution >= 4 is 35.8 Å². The molecule has 0 radical (unpaired) electrons. The molecule has 0 spiro atoms. The van der Waals surface area contributed by atoms with Crippen LogP contribution in [0.25, 0.3) is 10.4 Å². The second kappa shape index (κ2) is 10.4. The number of carboxylic acid groups (broad SMARTS) is 1. The highest BCUT2D eigenvalue weighted by Crippen LogP contribution is 2.48. The molecule has 180 valence electrons. The highest BCUT2D eigenvalue weighted by molar-refractivity contribution is 7.68. The van der Waals surface area contributed by atoms with Crippen molar-refractivity contribution in [3.63, 3.8) is 0 Å². The molecule has 1 atom stereocenters. The fourth-order valence-corrected chi connectivity index (χ4v) is 6.34. The van der Waals surface area contributed by atoms with Gasteiger partial charge in [0, 0.05) is 29.8 Å². The van der Waals surface area contributed by atoms with Crippen LogP contribution in [0.4, 0.5) is 5.69 Å². The van der Waals surface area contributed by atoms with Crippen molar-refractivity contribution in [1.29, 1.82) is 0 Å². The van der Waals surface area contributed by atoms with E-state index in [2.05, 4.69) is 10.1 Å². The second-order valence-corrected chi connectivity index (χ2v) is 11.2. The topological polar surface area (TPSA) is 97.8 Å². The molecular weight excluding hydrogens is 483 g/mol. The molecule has 2 aromatic carbocycles. The van der Waals surface area contributed by atoms with Crippen molar-refractivity contribution in [2.45, 2.75) is 20.5 Å². The van der Waals surface area contributed by atoms with Crippen molar-refractivity contribution in [3.8, 4) is 16.3 Å². The SMILES string of the molecule is COP(=O)(Nc1cc(-c2ccc(OCc3ccccc3)nc2)sc1C(=O)O)c1ccc(C)cc1C. The number of aryl methyl sites for hydroxylation is 2. The molecule has 4 aromatic rings. The summed E-state index contributed by atoms with van der Waals surface area (Å²) in [6, 6.07) is 20.5. The highest BCUT2D eigenvalue weighted by Gasteiger charge is 2.30. The summed E-state index contributed by atoms with van der Waals surface area (Å²) < 4.78 is 24.8. The molecule has 7 nitrogen and oxygen atoms in total. The zero-order valence-corrected chi connectivity index (χ0v) is 21.2. The lowest BCUT2D eigenvalue weighted by atomic mass is 10.2. The number of thiophene rings is 1. The van der Waals surface area contributed by atoms with E-state index in [0.717, 1.165) is 33.6 Å². The minimum atomic E-state index is -3.57. The Labute approximate surface area is 207 Å². The van der Waals surface area contributed by atoms with E-state index in [1.54, 1.807) is 24.4 Å². The zero-order valence-electron chi connectivity index (χ0n) is 19.5. The van der Waals surface area contributed by atoms with Gasteiger partial charge in [-0.15, -0.1) is 11.3 Å². The average Bonchev–Trinajstić information content (AvgIpc) is 3.27. The van der Waals surface area contributed by atoms with Crippen LogP contribution in [0.5, 0.6) is 5.88 Å². The Balaban J connectivity index is 1.58. The van der Waals surface area contributed by atoms with Crippen molar-refractivity contribution in [2.75, 3.05) is 12.2 Å². The van der Waals surface area contributed by atoms with Gasteiger partial charge < -0.3 is 19.5 Å². The summed E-state index contributed by atoms with van der Waals surface area (Å²) in [5, 5.41) is 13.2. The highest BCUT2D eigenvalue weighted by atomic mass is 32.1. The van der Waals surface area contributed by atoms with E-state index in [1.165, 1.54) is 7.11 Å². The van der Waals surface area contributed by atoms with Crippen LogP contribution in [-0.2, 0) is 15.7 Å². The Morgan fingerprint density at radius 1 is 1.09 bits per heavy atom. The van der Waals surface area contributed by atoms with Crippen LogP contribution in [0.1, 0.15) is 26.4 Å². The summed E-state index contributed by atoms with van der Waals surface area (Å²) in [6.07, 6.45) is 1.63. The van der Waals surface area contributed by atoms with E-state index in [-0.39, 0.29) is 10.6 Å². The quantitative estimate of drug-likeness (QED) is 0.257. The van der Waals surface area contributed by atoms with Crippen molar-refractivity contribution in [1.82, 2.24) is 4.98 Å². The van der Waals surface area contributed by atoms with E-state index in [1.807, 2.05) is 62.4 Å². The maximum atomic E-state index is 13.7. The van der Waals surface area contributed by atoms with Crippen LogP contribution in [0.3, 0.4) is 0 Å². The number of aromatic carboxylic acids is 1. The molecule has 0 saturated carbocycles. The average molecular weight is 509 g/mol. The largest absolute Gasteiger partial charge is 0.477 e. The number of aromatic nitrogens is 1. The Morgan fingerprint density at radius 2 is 1.86 bits per heavy atom. The molecule has 0 bridgehead atoms. The van der Waals surface area contributed by atoms with Crippen LogP contribution < -0.4 is 15.1 Å². The first-order chi connectivity index (χ1) is 16.8. The summed E-state index contributed by atoms with van der Waals surface area (Å²) in [5.41, 5.74) is 3.81. The molecule has 1 unspecified atom stereocenters. The molecular formula is C26H25N2O5PS. The van der Waals surface area contributed by atoms with E-state index in [4.69, 9.17) is 9.26 Å². The molecule has 0 aliphatic carbocycles. The number of nitrogens with zero attached hydrogens (tertiary/aromatic N) is 1. The lowest BCUT2D eigenvalue weighted by Gasteiger charge is -2.20. The first kappa shape index (κ1) is 24.7. The summed E-state index contributed by atoms with van der Waals surface area (Å²) in [6.45, 7) is 4.19. The van der Waals surface area contributed by atoms with E-state index in [9.17, 15) is 14.5 Å². The molecule has 0 aliphatic heterocycles. The number of hydrogen-bond donors (Lipinski definition) is 2. The standard InChI is InChI=1S/C26H25N2O5PS/c1-17-9-11-22(18(2)13-17)34(31,32-3)28-21-14-23(35-25(21)26(29)30)20-10-12-24(27-15-20)33-16-19-7-5-4-6-8-19/h4-15H,16H2,1-3H3,(H,28,31)(H,29,30). The molecule has 4 rings (SSSR count). The summed E-state index contributed by atoms with van der Waals surface area (Å²) in [4.78, 5) is 17.0. The Morgan fingerprint density at radius 3 is 2.49 bits per heavy atom. The molecule has 9 heteroatoms. The van der Waals surface area contributed by atoms with Gasteiger partial charge in [0.05, 0.1) is 11.0 Å². The van der Waals surface area contributed by atoms with Crippen LogP contribution in [-0.4, -0.2) is 23.2 Å². The number of rotatable bonds is 9. The minimum absolute atomic E-state index is 0.0337. The van der Waals surface area contributed by atoms with Gasteiger partial charge in [-0.1, -0.05) is 48.0 Å². The van der Waals surface area contributed by atoms with E-state index < -0.39 is 13.5 Å². The van der Waals surface area contributed by atoms with Crippen molar-refractivity contribution in [3.05, 3.63) is 94.5 Å². The number of nitrogens with one attached hydrogen (secondary N) is 1. The minimum Gasteiger partial charge on any atom is -0.477 e. The predicted molar refractivity (Wildman–Crippen MR) is 139 cm³/mol. The van der Waals surface area contributed by atoms with Gasteiger partial charge in [-0.3, -0.25) is 4.57 Å². The number of anilines is 1. The smallest absolute Gasteiger partial charge is 0.348 e. The summed E-state index contributed by atoms with van der Waals surface area (Å²) >= 11 is 1.07. The second-order valence-electron chi connectivity index (χ2n) is 7.95. The summed E-state index contributed by atoms with van der Waals surface area (Å²) in [5.74, 6) is -0.660. The van der Waals surface area contributed by atoms with Gasteiger partial charge in [0.25, 0.3) is 0 Å². The molecule has 2 N–H and O–H groups in total. The third kappa shape index (κ3) is 5.62. The van der Waals surface area contributed by atoms with Gasteiger partial charge in [0.1, 0.15) is 11.5 Å². The molecule has 0 amide bonds. The van der Waals surface area contributed by atoms with Crippen LogP contribution in [0, 0.1) is 13.8 Å². The summed E-state index contributed by atoms with van der Waals surface area (Å²) in [7, 11) is -2.22. The number of carboxylic acids is 1. The number of pyridine rings is 1. The molecule has 0 fully saturated rings. The molecule has 2 aromatic heterocycles. The Hall–Kier alpha value is -3.45. The van der Waals surface area contributed by atoms with Gasteiger partial charge in [0.2, 0.25) is 5.88 Å². The number of hydrogen-bond acceptors (Lipinski definition) is 6. The van der Waals surface area contributed by atoms with Gasteiger partial charge in [-0.2, -0.15) is 0 Å². The van der Waals surface area contributed by atoms with E-state index in [0.29, 0.717) is 22.7 Å². The lowest BCUT2D eigenvalue weighted by Crippen LogP contribution is -2.17. The fraction of sp³-hybridized carbons (Fsp3) is 0.154. The number of ether oxygens (including phenoxy) is 1. The van der Waals surface area contributed by atoms with Crippen LogP contribution in [0.15, 0.2) is 72.9 Å². The Bertz CT molecular complexity index is 1390. The number of carbonyl (C=O) groups is 1. The maximum absolute atomic E-state index is 13.7. The normalized spacial score (nSPS) is 12.7. The predicted octanol–water partition coefficient (Wildman–Crippen LogP) is 6.28. The Kier molecular flexibility index (Phi) is 7.36. The lowest BCUT2D eigenvalue weighted by molar-refractivity contribution is 0.0703. The van der Waals surface area contributed by atoms with Gasteiger partial charge in [0.15, 0.2) is 0 Å². The molecule has 0 saturated heterocycles. The van der Waals surface area contributed by atoms with Crippen LogP contribution in [0.2, 0.25) is 0 Å². The first-order valence-corrected chi connectivity index (χ1v) is 13.3. The molecule has 2 heterocycles. The van der Waals surface area contributed by atoms with Crippen molar-refractivity contribution in [2.24, 2.45) is 0 Å². The third-order valence-corrected chi connectivity index (χ3v) is 8.73. The number of benzene rings is 2. The zero-order chi connectivity index (χ0) is 25.0. The van der Waals surface area contributed by atoms with E-state index >= 15 is 0 Å². The van der Waals surface area contributed by atoms with Crippen molar-refractivity contribution < 1.29 is 23.7 Å². The third-order valence-electron chi connectivity index (χ3n) is 5.37. The van der Waals surface area contributed by atoms with Gasteiger partial charge >= 0.3 is 13.5 Å². The monoisotopic (exact) mass is 508 g/mol. The molecule has 35 heavy (non-hydrogen) atoms. The first-order valence-electron chi connectivity index (χ1n) is 10.8.